The lowest BCUT2D eigenvalue weighted by Crippen LogP contribution is -2.37. The smallest absolute Gasteiger partial charge is 0.269 e. The molecule has 1 amide bonds. The number of rotatable bonds is 5. The number of carbonyl (C=O) groups is 2. The molecule has 1 N–H and O–H groups in total. The number of hydrogen-bond acceptors (Lipinski definition) is 5. The molecule has 0 spiro atoms. The highest BCUT2D eigenvalue weighted by molar-refractivity contribution is 6.06. The van der Waals surface area contributed by atoms with E-state index in [0.29, 0.717) is 29.7 Å². The number of nitro groups is 1. The van der Waals surface area contributed by atoms with Gasteiger partial charge in [0.1, 0.15) is 0 Å². The Morgan fingerprint density at radius 2 is 1.90 bits per heavy atom. The first-order valence-electron chi connectivity index (χ1n) is 10.7. The number of hydrogen-bond donors (Lipinski definition) is 1. The van der Waals surface area contributed by atoms with Crippen LogP contribution in [0.25, 0.3) is 0 Å². The quantitative estimate of drug-likeness (QED) is 0.525. The molecule has 0 aromatic heterocycles. The number of non-ortho nitro benzene ring substituents is 1. The van der Waals surface area contributed by atoms with Crippen molar-refractivity contribution in [3.8, 4) is 0 Å². The first-order chi connectivity index (χ1) is 15.0. The van der Waals surface area contributed by atoms with Crippen molar-refractivity contribution in [3.05, 3.63) is 75.5 Å². The summed E-state index contributed by atoms with van der Waals surface area (Å²) in [4.78, 5) is 39.0. The normalized spacial score (nSPS) is 18.0. The van der Waals surface area contributed by atoms with Crippen LogP contribution in [-0.2, 0) is 9.59 Å². The minimum Gasteiger partial charge on any atom is -0.357 e. The third kappa shape index (κ3) is 3.95. The van der Waals surface area contributed by atoms with E-state index in [1.54, 1.807) is 17.0 Å². The van der Waals surface area contributed by atoms with Crippen LogP contribution in [0.1, 0.15) is 57.1 Å². The van der Waals surface area contributed by atoms with Gasteiger partial charge in [0.25, 0.3) is 5.69 Å². The van der Waals surface area contributed by atoms with Crippen LogP contribution in [0, 0.1) is 10.1 Å². The van der Waals surface area contributed by atoms with E-state index >= 15 is 0 Å². The number of nitrogens with one attached hydrogen (secondary N) is 1. The fourth-order valence-corrected chi connectivity index (χ4v) is 4.35. The number of ketones is 1. The highest BCUT2D eigenvalue weighted by atomic mass is 16.6. The second kappa shape index (κ2) is 8.71. The molecule has 2 aromatic carbocycles. The topological polar surface area (TPSA) is 92.6 Å². The second-order valence-corrected chi connectivity index (χ2v) is 7.93. The lowest BCUT2D eigenvalue weighted by molar-refractivity contribution is -0.384. The van der Waals surface area contributed by atoms with E-state index < -0.39 is 11.0 Å². The Balaban J connectivity index is 1.92. The Bertz CT molecular complexity index is 1060. The lowest BCUT2D eigenvalue weighted by atomic mass is 9.85. The van der Waals surface area contributed by atoms with E-state index in [2.05, 4.69) is 5.32 Å². The fourth-order valence-electron chi connectivity index (χ4n) is 4.35. The Kier molecular flexibility index (Phi) is 5.84. The molecule has 160 valence electrons. The fraction of sp³-hybridized carbons (Fsp3) is 0.333. The van der Waals surface area contributed by atoms with E-state index in [-0.39, 0.29) is 17.4 Å². The van der Waals surface area contributed by atoms with Crippen molar-refractivity contribution in [2.24, 2.45) is 0 Å². The number of amides is 1. The third-order valence-electron chi connectivity index (χ3n) is 5.87. The number of allylic oxidation sites excluding steroid dienone is 1. The minimum absolute atomic E-state index is 0.0122. The zero-order valence-corrected chi connectivity index (χ0v) is 17.5. The Hall–Kier alpha value is -3.48. The summed E-state index contributed by atoms with van der Waals surface area (Å²) in [6, 6.07) is 13.1. The highest BCUT2D eigenvalue weighted by Gasteiger charge is 2.39. The van der Waals surface area contributed by atoms with Crippen molar-refractivity contribution in [1.82, 2.24) is 0 Å². The maximum absolute atomic E-state index is 13.5. The van der Waals surface area contributed by atoms with Crippen molar-refractivity contribution in [3.63, 3.8) is 0 Å². The molecule has 2 aromatic rings. The summed E-state index contributed by atoms with van der Waals surface area (Å²) in [5.74, 6) is -0.0511. The molecular formula is C24H25N3O4. The predicted molar refractivity (Wildman–Crippen MR) is 119 cm³/mol. The first-order valence-corrected chi connectivity index (χ1v) is 10.7. The molecule has 0 saturated heterocycles. The highest BCUT2D eigenvalue weighted by Crippen LogP contribution is 2.45. The van der Waals surface area contributed by atoms with Crippen LogP contribution in [-0.4, -0.2) is 16.6 Å². The molecule has 0 radical (unpaired) electrons. The molecule has 4 rings (SSSR count). The number of benzene rings is 2. The summed E-state index contributed by atoms with van der Waals surface area (Å²) >= 11 is 0. The number of nitrogens with zero attached hydrogens (tertiary/aromatic N) is 2. The predicted octanol–water partition coefficient (Wildman–Crippen LogP) is 5.29. The molecule has 2 aliphatic rings. The molecule has 31 heavy (non-hydrogen) atoms. The number of carbonyl (C=O) groups excluding carboxylic acids is 2. The van der Waals surface area contributed by atoms with Gasteiger partial charge in [0.15, 0.2) is 5.78 Å². The Morgan fingerprint density at radius 1 is 1.16 bits per heavy atom. The monoisotopic (exact) mass is 419 g/mol. The number of unbranched alkanes of at least 4 members (excludes halogenated alkanes) is 1. The average Bonchev–Trinajstić information content (AvgIpc) is 2.92. The zero-order valence-electron chi connectivity index (χ0n) is 17.5. The van der Waals surface area contributed by atoms with Crippen LogP contribution in [0.5, 0.6) is 0 Å². The van der Waals surface area contributed by atoms with E-state index in [1.165, 1.54) is 12.1 Å². The summed E-state index contributed by atoms with van der Waals surface area (Å²) in [6.07, 6.45) is 3.90. The molecule has 1 atom stereocenters. The van der Waals surface area contributed by atoms with E-state index in [4.69, 9.17) is 0 Å². The van der Waals surface area contributed by atoms with Gasteiger partial charge in [0.05, 0.1) is 22.3 Å². The summed E-state index contributed by atoms with van der Waals surface area (Å²) in [6.45, 7) is 2.03. The van der Waals surface area contributed by atoms with Crippen molar-refractivity contribution < 1.29 is 14.5 Å². The molecule has 1 unspecified atom stereocenters. The molecule has 1 heterocycles. The molecule has 0 bridgehead atoms. The van der Waals surface area contributed by atoms with Crippen molar-refractivity contribution in [2.45, 2.75) is 51.5 Å². The molecule has 0 fully saturated rings. The summed E-state index contributed by atoms with van der Waals surface area (Å²) in [5.41, 5.74) is 3.59. The number of para-hydroxylation sites is 2. The van der Waals surface area contributed by atoms with Gasteiger partial charge in [-0.3, -0.25) is 24.6 Å². The van der Waals surface area contributed by atoms with E-state index in [1.807, 2.05) is 31.2 Å². The maximum Gasteiger partial charge on any atom is 0.269 e. The van der Waals surface area contributed by atoms with Gasteiger partial charge in [-0.2, -0.15) is 0 Å². The molecule has 7 nitrogen and oxygen atoms in total. The molecule has 7 heteroatoms. The van der Waals surface area contributed by atoms with Crippen molar-refractivity contribution in [2.75, 3.05) is 10.2 Å². The Morgan fingerprint density at radius 3 is 2.61 bits per heavy atom. The molecular weight excluding hydrogens is 394 g/mol. The molecule has 1 aliphatic carbocycles. The van der Waals surface area contributed by atoms with Gasteiger partial charge in [-0.1, -0.05) is 25.5 Å². The summed E-state index contributed by atoms with van der Waals surface area (Å²) in [7, 11) is 0. The number of nitro benzene ring substituents is 1. The van der Waals surface area contributed by atoms with Crippen LogP contribution in [0.3, 0.4) is 0 Å². The van der Waals surface area contributed by atoms with Crippen LogP contribution in [0.2, 0.25) is 0 Å². The second-order valence-electron chi connectivity index (χ2n) is 7.93. The standard InChI is InChI=1S/C24H25N3O4/c1-2-3-11-22(29)26-20-9-5-4-7-18(20)25-19-8-6-10-21(28)23(19)24(26)16-12-14-17(15-13-16)27(30)31/h4-5,7,9,12-15,24-25H,2-3,6,8,10-11H2,1H3. The largest absolute Gasteiger partial charge is 0.357 e. The molecule has 0 saturated carbocycles. The van der Waals surface area contributed by atoms with Crippen molar-refractivity contribution >= 4 is 28.8 Å². The van der Waals surface area contributed by atoms with Gasteiger partial charge in [-0.05, 0) is 49.1 Å². The Labute approximate surface area is 180 Å². The third-order valence-corrected chi connectivity index (χ3v) is 5.87. The molecule has 1 aliphatic heterocycles. The first kappa shape index (κ1) is 20.8. The van der Waals surface area contributed by atoms with Crippen LogP contribution in [0.4, 0.5) is 17.1 Å². The summed E-state index contributed by atoms with van der Waals surface area (Å²) in [5, 5.41) is 14.6. The summed E-state index contributed by atoms with van der Waals surface area (Å²) < 4.78 is 0. The van der Waals surface area contributed by atoms with E-state index in [0.717, 1.165) is 37.1 Å². The SMILES string of the molecule is CCCCC(=O)N1c2ccccc2NC2=C(C(=O)CCC2)C1c1ccc([N+](=O)[O-])cc1. The number of Topliss-reactive ketones (excluding diaryl/α,β-unsaturated/α-hetero) is 1. The minimum atomic E-state index is -0.621. The van der Waals surface area contributed by atoms with Gasteiger partial charge in [-0.25, -0.2) is 0 Å². The number of fused-ring (bicyclic) bond motifs is 1. The lowest BCUT2D eigenvalue weighted by Gasteiger charge is -2.34. The zero-order chi connectivity index (χ0) is 22.0. The van der Waals surface area contributed by atoms with Gasteiger partial charge < -0.3 is 5.32 Å². The van der Waals surface area contributed by atoms with Crippen LogP contribution >= 0.6 is 0 Å². The van der Waals surface area contributed by atoms with Gasteiger partial charge >= 0.3 is 0 Å². The van der Waals surface area contributed by atoms with Crippen LogP contribution in [0.15, 0.2) is 59.8 Å². The maximum atomic E-state index is 13.5. The van der Waals surface area contributed by atoms with Gasteiger partial charge in [0.2, 0.25) is 5.91 Å². The van der Waals surface area contributed by atoms with Crippen molar-refractivity contribution in [1.29, 1.82) is 0 Å². The van der Waals surface area contributed by atoms with Gasteiger partial charge in [0, 0.05) is 36.2 Å². The van der Waals surface area contributed by atoms with Gasteiger partial charge in [-0.15, -0.1) is 0 Å². The van der Waals surface area contributed by atoms with Crippen LogP contribution < -0.4 is 10.2 Å². The number of anilines is 2. The van der Waals surface area contributed by atoms with E-state index in [9.17, 15) is 19.7 Å². The average molecular weight is 419 g/mol.